The maximum absolute atomic E-state index is 12.4. The zero-order valence-electron chi connectivity index (χ0n) is 13.1. The Labute approximate surface area is 133 Å². The van der Waals surface area contributed by atoms with E-state index in [1.807, 2.05) is 31.5 Å². The zero-order valence-corrected chi connectivity index (χ0v) is 13.9. The lowest BCUT2D eigenvalue weighted by Gasteiger charge is -2.14. The summed E-state index contributed by atoms with van der Waals surface area (Å²) in [6.07, 6.45) is 2.22. The summed E-state index contributed by atoms with van der Waals surface area (Å²) in [5, 5.41) is 7.67. The van der Waals surface area contributed by atoms with E-state index in [0.29, 0.717) is 11.1 Å². The summed E-state index contributed by atoms with van der Waals surface area (Å²) in [5.41, 5.74) is 1.89. The summed E-state index contributed by atoms with van der Waals surface area (Å²) in [6, 6.07) is 1.95. The molecular formula is C13H19F2N5O2S. The molecule has 10 heteroatoms. The lowest BCUT2D eigenvalue weighted by molar-refractivity contribution is 0.0564. The first-order valence-corrected chi connectivity index (χ1v) is 8.54. The van der Waals surface area contributed by atoms with Gasteiger partial charge in [0, 0.05) is 12.2 Å². The molecule has 128 valence electrons. The van der Waals surface area contributed by atoms with E-state index >= 15 is 0 Å². The molecule has 0 fully saturated rings. The molecule has 0 spiro atoms. The Morgan fingerprint density at radius 2 is 2.04 bits per heavy atom. The average molecular weight is 347 g/mol. The van der Waals surface area contributed by atoms with Crippen LogP contribution in [-0.4, -0.2) is 34.5 Å². The predicted molar refractivity (Wildman–Crippen MR) is 79.7 cm³/mol. The van der Waals surface area contributed by atoms with E-state index in [1.165, 1.54) is 0 Å². The number of rotatable bonds is 7. The van der Waals surface area contributed by atoms with Crippen LogP contribution in [0.1, 0.15) is 37.3 Å². The van der Waals surface area contributed by atoms with Gasteiger partial charge in [0.05, 0.1) is 24.1 Å². The number of sulfonamides is 1. The number of aryl methyl sites for hydroxylation is 2. The van der Waals surface area contributed by atoms with Gasteiger partial charge < -0.3 is 0 Å². The van der Waals surface area contributed by atoms with Crippen molar-refractivity contribution < 1.29 is 17.2 Å². The molecule has 0 bridgehead atoms. The van der Waals surface area contributed by atoms with E-state index in [2.05, 4.69) is 14.9 Å². The van der Waals surface area contributed by atoms with Crippen LogP contribution < -0.4 is 4.72 Å². The topological polar surface area (TPSA) is 81.8 Å². The van der Waals surface area contributed by atoms with Crippen molar-refractivity contribution in [3.05, 3.63) is 29.8 Å². The van der Waals surface area contributed by atoms with Gasteiger partial charge in [0.25, 0.3) is 0 Å². The van der Waals surface area contributed by atoms with Crippen molar-refractivity contribution in [3.63, 3.8) is 0 Å². The third-order valence-corrected chi connectivity index (χ3v) is 4.82. The SMILES string of the molecule is Cc1cc(C)n(C(C)CCNS(=O)(=O)c2cnn(C(F)F)c2)n1. The molecule has 0 aromatic carbocycles. The van der Waals surface area contributed by atoms with Crippen LogP contribution in [0.15, 0.2) is 23.4 Å². The van der Waals surface area contributed by atoms with Crippen molar-refractivity contribution in [2.24, 2.45) is 0 Å². The van der Waals surface area contributed by atoms with Gasteiger partial charge in [-0.15, -0.1) is 0 Å². The third-order valence-electron chi connectivity index (χ3n) is 3.40. The molecule has 1 atom stereocenters. The molecule has 0 saturated carbocycles. The minimum atomic E-state index is -3.85. The van der Waals surface area contributed by atoms with Crippen molar-refractivity contribution >= 4 is 10.0 Å². The fourth-order valence-electron chi connectivity index (χ4n) is 2.27. The molecule has 0 aliphatic carbocycles. The van der Waals surface area contributed by atoms with Crippen molar-refractivity contribution in [1.82, 2.24) is 24.3 Å². The van der Waals surface area contributed by atoms with Gasteiger partial charge in [0.2, 0.25) is 10.0 Å². The van der Waals surface area contributed by atoms with E-state index in [-0.39, 0.29) is 17.5 Å². The van der Waals surface area contributed by atoms with Gasteiger partial charge in [-0.3, -0.25) is 4.68 Å². The second-order valence-corrected chi connectivity index (χ2v) is 7.11. The Balaban J connectivity index is 1.95. The van der Waals surface area contributed by atoms with Crippen LogP contribution >= 0.6 is 0 Å². The number of aromatic nitrogens is 4. The number of halogens is 2. The minimum absolute atomic E-state index is 0.00943. The molecule has 7 nitrogen and oxygen atoms in total. The molecule has 23 heavy (non-hydrogen) atoms. The molecule has 2 rings (SSSR count). The van der Waals surface area contributed by atoms with Crippen LogP contribution in [0.2, 0.25) is 0 Å². The van der Waals surface area contributed by atoms with Crippen LogP contribution in [0.25, 0.3) is 0 Å². The number of hydrogen-bond acceptors (Lipinski definition) is 4. The lowest BCUT2D eigenvalue weighted by Crippen LogP contribution is -2.26. The molecule has 0 saturated heterocycles. The van der Waals surface area contributed by atoms with Crippen LogP contribution in [0.3, 0.4) is 0 Å². The average Bonchev–Trinajstić information content (AvgIpc) is 3.05. The van der Waals surface area contributed by atoms with Gasteiger partial charge in [-0.1, -0.05) is 0 Å². The van der Waals surface area contributed by atoms with E-state index < -0.39 is 16.6 Å². The highest BCUT2D eigenvalue weighted by atomic mass is 32.2. The van der Waals surface area contributed by atoms with Crippen molar-refractivity contribution in [3.8, 4) is 0 Å². The van der Waals surface area contributed by atoms with Gasteiger partial charge in [-0.25, -0.2) is 17.8 Å². The van der Waals surface area contributed by atoms with E-state index in [0.717, 1.165) is 23.8 Å². The summed E-state index contributed by atoms with van der Waals surface area (Å²) in [5.74, 6) is 0. The van der Waals surface area contributed by atoms with Crippen molar-refractivity contribution in [1.29, 1.82) is 0 Å². The Hall–Kier alpha value is -1.81. The van der Waals surface area contributed by atoms with Gasteiger partial charge in [-0.05, 0) is 33.3 Å². The van der Waals surface area contributed by atoms with E-state index in [1.54, 1.807) is 0 Å². The quantitative estimate of drug-likeness (QED) is 0.831. The van der Waals surface area contributed by atoms with Crippen LogP contribution in [0.4, 0.5) is 8.78 Å². The summed E-state index contributed by atoms with van der Waals surface area (Å²) in [7, 11) is -3.85. The molecule has 2 aromatic rings. The molecule has 2 aromatic heterocycles. The fourth-order valence-corrected chi connectivity index (χ4v) is 3.25. The highest BCUT2D eigenvalue weighted by Crippen LogP contribution is 2.15. The Morgan fingerprint density at radius 3 is 2.57 bits per heavy atom. The van der Waals surface area contributed by atoms with Crippen molar-refractivity contribution in [2.45, 2.75) is 44.7 Å². The maximum Gasteiger partial charge on any atom is 0.333 e. The van der Waals surface area contributed by atoms with E-state index in [4.69, 9.17) is 0 Å². The van der Waals surface area contributed by atoms with Crippen LogP contribution in [0, 0.1) is 13.8 Å². The van der Waals surface area contributed by atoms with Gasteiger partial charge in [-0.2, -0.15) is 19.0 Å². The van der Waals surface area contributed by atoms with Gasteiger partial charge in [0.15, 0.2) is 0 Å². The number of hydrogen-bond donors (Lipinski definition) is 1. The Kier molecular flexibility index (Phi) is 5.15. The van der Waals surface area contributed by atoms with Crippen LogP contribution in [0.5, 0.6) is 0 Å². The first kappa shape index (κ1) is 17.5. The molecule has 2 heterocycles. The smallest absolute Gasteiger partial charge is 0.267 e. The highest BCUT2D eigenvalue weighted by molar-refractivity contribution is 7.89. The predicted octanol–water partition coefficient (Wildman–Crippen LogP) is 2.02. The third kappa shape index (κ3) is 4.14. The summed E-state index contributed by atoms with van der Waals surface area (Å²) in [6.45, 7) is 3.05. The molecule has 0 aliphatic heterocycles. The van der Waals surface area contributed by atoms with E-state index in [9.17, 15) is 17.2 Å². The fraction of sp³-hybridized carbons (Fsp3) is 0.538. The summed E-state index contributed by atoms with van der Waals surface area (Å²) in [4.78, 5) is -0.281. The largest absolute Gasteiger partial charge is 0.333 e. The number of nitrogens with one attached hydrogen (secondary N) is 1. The second-order valence-electron chi connectivity index (χ2n) is 5.34. The highest BCUT2D eigenvalue weighted by Gasteiger charge is 2.19. The molecule has 0 amide bonds. The molecule has 0 aliphatic rings. The molecule has 0 radical (unpaired) electrons. The van der Waals surface area contributed by atoms with Crippen molar-refractivity contribution in [2.75, 3.05) is 6.54 Å². The summed E-state index contributed by atoms with van der Waals surface area (Å²) < 4.78 is 53.4. The minimum Gasteiger partial charge on any atom is -0.267 e. The first-order valence-electron chi connectivity index (χ1n) is 7.05. The molecular weight excluding hydrogens is 328 g/mol. The Bertz CT molecular complexity index is 769. The molecule has 1 N–H and O–H groups in total. The standard InChI is InChI=1S/C13H19F2N5O2S/c1-9-6-11(3)20(18-9)10(2)4-5-17-23(21,22)12-7-16-19(8-12)13(14)15/h6-8,10,13,17H,4-5H2,1-3H3. The zero-order chi connectivity index (χ0) is 17.2. The van der Waals surface area contributed by atoms with Crippen LogP contribution in [-0.2, 0) is 10.0 Å². The summed E-state index contributed by atoms with van der Waals surface area (Å²) >= 11 is 0. The lowest BCUT2D eigenvalue weighted by atomic mass is 10.2. The van der Waals surface area contributed by atoms with Gasteiger partial charge in [0.1, 0.15) is 4.90 Å². The molecule has 1 unspecified atom stereocenters. The number of alkyl halides is 2. The Morgan fingerprint density at radius 1 is 1.35 bits per heavy atom. The monoisotopic (exact) mass is 347 g/mol. The maximum atomic E-state index is 12.4. The first-order chi connectivity index (χ1) is 10.7. The number of nitrogens with zero attached hydrogens (tertiary/aromatic N) is 4. The van der Waals surface area contributed by atoms with Gasteiger partial charge >= 0.3 is 6.55 Å². The normalized spacial score (nSPS) is 13.7. The second kappa shape index (κ2) is 6.75.